The highest BCUT2D eigenvalue weighted by Crippen LogP contribution is 2.30. The number of azo groups is 1. The molecule has 0 aliphatic heterocycles. The number of carboxylic acids is 1. The number of nitrogens with zero attached hydrogens (tertiary/aromatic N) is 4. The summed E-state index contributed by atoms with van der Waals surface area (Å²) in [6.45, 7) is 8.01. The van der Waals surface area contributed by atoms with E-state index in [1.807, 2.05) is 36.6 Å². The van der Waals surface area contributed by atoms with Crippen LogP contribution < -0.4 is 0 Å². The monoisotopic (exact) mass is 336 g/mol. The lowest BCUT2D eigenvalue weighted by molar-refractivity contribution is 0.0697. The fourth-order valence-corrected chi connectivity index (χ4v) is 2.59. The van der Waals surface area contributed by atoms with Crippen molar-refractivity contribution in [2.75, 3.05) is 0 Å². The van der Waals surface area contributed by atoms with Crippen molar-refractivity contribution < 1.29 is 9.90 Å². The Labute approximate surface area is 145 Å². The highest BCUT2D eigenvalue weighted by atomic mass is 16.4. The van der Waals surface area contributed by atoms with Crippen molar-refractivity contribution >= 4 is 23.1 Å². The molecule has 0 bridgehead atoms. The van der Waals surface area contributed by atoms with Crippen molar-refractivity contribution in [1.29, 1.82) is 0 Å². The van der Waals surface area contributed by atoms with Gasteiger partial charge in [0.15, 0.2) is 5.82 Å². The second-order valence-electron chi connectivity index (χ2n) is 6.42. The van der Waals surface area contributed by atoms with Gasteiger partial charge in [-0.3, -0.25) is 4.40 Å². The lowest BCUT2D eigenvalue weighted by atomic mass is 10.1. The molecule has 0 saturated carbocycles. The van der Waals surface area contributed by atoms with E-state index in [2.05, 4.69) is 29.1 Å². The minimum absolute atomic E-state index is 0.192. The average molecular weight is 336 g/mol. The van der Waals surface area contributed by atoms with Crippen molar-refractivity contribution in [3.05, 3.63) is 58.9 Å². The summed E-state index contributed by atoms with van der Waals surface area (Å²) in [5, 5.41) is 17.9. The van der Waals surface area contributed by atoms with E-state index < -0.39 is 5.97 Å². The van der Waals surface area contributed by atoms with Crippen molar-refractivity contribution in [3.8, 4) is 0 Å². The van der Waals surface area contributed by atoms with Gasteiger partial charge >= 0.3 is 5.97 Å². The summed E-state index contributed by atoms with van der Waals surface area (Å²) in [5.41, 5.74) is 4.38. The van der Waals surface area contributed by atoms with Crippen molar-refractivity contribution in [2.24, 2.45) is 10.2 Å². The molecule has 1 aromatic carbocycles. The van der Waals surface area contributed by atoms with E-state index in [0.29, 0.717) is 11.5 Å². The first-order chi connectivity index (χ1) is 11.9. The number of rotatable bonds is 4. The maximum Gasteiger partial charge on any atom is 0.335 e. The van der Waals surface area contributed by atoms with Gasteiger partial charge in [0.2, 0.25) is 0 Å². The van der Waals surface area contributed by atoms with Gasteiger partial charge in [-0.25, -0.2) is 9.78 Å². The van der Waals surface area contributed by atoms with Gasteiger partial charge in [-0.05, 0) is 49.1 Å². The average Bonchev–Trinajstić information content (AvgIpc) is 2.92. The molecule has 3 rings (SSSR count). The second kappa shape index (κ2) is 6.47. The van der Waals surface area contributed by atoms with E-state index in [1.165, 1.54) is 6.07 Å². The Kier molecular flexibility index (Phi) is 4.35. The van der Waals surface area contributed by atoms with Crippen LogP contribution in [0.4, 0.5) is 11.5 Å². The fraction of sp³-hybridized carbons (Fsp3) is 0.263. The number of hydrogen-bond donors (Lipinski definition) is 1. The third-order valence-electron chi connectivity index (χ3n) is 4.02. The maximum atomic E-state index is 11.2. The molecule has 0 atom stereocenters. The van der Waals surface area contributed by atoms with Crippen LogP contribution in [0.2, 0.25) is 0 Å². The zero-order valence-corrected chi connectivity index (χ0v) is 14.7. The van der Waals surface area contributed by atoms with Gasteiger partial charge in [0, 0.05) is 6.20 Å². The molecule has 0 aliphatic rings. The van der Waals surface area contributed by atoms with Crippen LogP contribution in [0.5, 0.6) is 0 Å². The van der Waals surface area contributed by atoms with Crippen LogP contribution in [0.25, 0.3) is 5.65 Å². The lowest BCUT2D eigenvalue weighted by Gasteiger charge is -2.04. The topological polar surface area (TPSA) is 79.3 Å². The minimum Gasteiger partial charge on any atom is -0.478 e. The van der Waals surface area contributed by atoms with Crippen LogP contribution in [0.15, 0.2) is 46.8 Å². The van der Waals surface area contributed by atoms with Crippen molar-refractivity contribution in [1.82, 2.24) is 9.38 Å². The summed E-state index contributed by atoms with van der Waals surface area (Å²) >= 11 is 0. The molecule has 6 heteroatoms. The van der Waals surface area contributed by atoms with Crippen molar-refractivity contribution in [3.63, 3.8) is 0 Å². The molecule has 0 radical (unpaired) electrons. The molecule has 3 aromatic rings. The number of aryl methyl sites for hydroxylation is 2. The van der Waals surface area contributed by atoms with Gasteiger partial charge < -0.3 is 5.11 Å². The fourth-order valence-electron chi connectivity index (χ4n) is 2.59. The molecular formula is C19H20N4O2. The van der Waals surface area contributed by atoms with Crippen molar-refractivity contribution in [2.45, 2.75) is 33.6 Å². The number of aromatic nitrogens is 2. The number of carboxylic acid groups (broad SMARTS) is 1. The molecule has 2 heterocycles. The summed E-state index contributed by atoms with van der Waals surface area (Å²) in [7, 11) is 0. The number of imidazole rings is 1. The Bertz CT molecular complexity index is 986. The highest BCUT2D eigenvalue weighted by Gasteiger charge is 2.15. The Hall–Kier alpha value is -3.02. The Balaban J connectivity index is 2.12. The highest BCUT2D eigenvalue weighted by molar-refractivity contribution is 5.88. The maximum absolute atomic E-state index is 11.2. The molecule has 0 saturated heterocycles. The van der Waals surface area contributed by atoms with Crippen LogP contribution in [0, 0.1) is 13.8 Å². The van der Waals surface area contributed by atoms with E-state index in [-0.39, 0.29) is 11.5 Å². The van der Waals surface area contributed by atoms with Gasteiger partial charge in [0.1, 0.15) is 5.65 Å². The van der Waals surface area contributed by atoms with E-state index >= 15 is 0 Å². The van der Waals surface area contributed by atoms with Gasteiger partial charge in [-0.15, -0.1) is 10.2 Å². The van der Waals surface area contributed by atoms with E-state index in [1.54, 1.807) is 12.1 Å². The number of aromatic carboxylic acids is 1. The Morgan fingerprint density at radius 1 is 1.16 bits per heavy atom. The molecule has 0 amide bonds. The summed E-state index contributed by atoms with van der Waals surface area (Å²) < 4.78 is 1.92. The van der Waals surface area contributed by atoms with Crippen LogP contribution in [0.3, 0.4) is 0 Å². The zero-order valence-electron chi connectivity index (χ0n) is 14.7. The molecular weight excluding hydrogens is 316 g/mol. The predicted octanol–water partition coefficient (Wildman–Crippen LogP) is 5.19. The number of carbonyl (C=O) groups is 1. The summed E-state index contributed by atoms with van der Waals surface area (Å²) in [6, 6.07) is 8.79. The summed E-state index contributed by atoms with van der Waals surface area (Å²) in [5.74, 6) is -0.112. The molecule has 128 valence electrons. The van der Waals surface area contributed by atoms with Crippen LogP contribution in [-0.4, -0.2) is 20.5 Å². The number of hydrogen-bond acceptors (Lipinski definition) is 4. The molecule has 25 heavy (non-hydrogen) atoms. The number of benzene rings is 1. The number of fused-ring (bicyclic) bond motifs is 1. The first kappa shape index (κ1) is 16.8. The smallest absolute Gasteiger partial charge is 0.335 e. The lowest BCUT2D eigenvalue weighted by Crippen LogP contribution is -1.95. The normalized spacial score (nSPS) is 11.7. The standard InChI is InChI=1S/C19H20N4O2/c1-11(2)17-18(23-10-12(3)5-8-16(23)20-17)22-21-15-9-14(19(24)25)7-6-13(15)4/h5-11H,1-4H3,(H,24,25). The Morgan fingerprint density at radius 3 is 2.60 bits per heavy atom. The Morgan fingerprint density at radius 2 is 1.92 bits per heavy atom. The molecule has 6 nitrogen and oxygen atoms in total. The molecule has 0 unspecified atom stereocenters. The SMILES string of the molecule is Cc1ccc2nc(C(C)C)c(N=Nc3cc(C(=O)O)ccc3C)n2c1. The second-order valence-corrected chi connectivity index (χ2v) is 6.42. The first-order valence-electron chi connectivity index (χ1n) is 8.11. The largest absolute Gasteiger partial charge is 0.478 e. The van der Waals surface area contributed by atoms with Gasteiger partial charge in [0.25, 0.3) is 0 Å². The molecule has 0 spiro atoms. The third kappa shape index (κ3) is 3.28. The van der Waals surface area contributed by atoms with Crippen LogP contribution in [-0.2, 0) is 0 Å². The molecule has 2 aromatic heterocycles. The third-order valence-corrected chi connectivity index (χ3v) is 4.02. The van der Waals surface area contributed by atoms with E-state index in [4.69, 9.17) is 5.11 Å². The summed E-state index contributed by atoms with van der Waals surface area (Å²) in [4.78, 5) is 15.8. The summed E-state index contributed by atoms with van der Waals surface area (Å²) in [6.07, 6.45) is 1.98. The number of pyridine rings is 1. The molecule has 0 fully saturated rings. The van der Waals surface area contributed by atoms with Gasteiger partial charge in [0.05, 0.1) is 16.9 Å². The van der Waals surface area contributed by atoms with Crippen LogP contribution in [0.1, 0.15) is 46.9 Å². The first-order valence-corrected chi connectivity index (χ1v) is 8.11. The van der Waals surface area contributed by atoms with Gasteiger partial charge in [-0.1, -0.05) is 26.0 Å². The predicted molar refractivity (Wildman–Crippen MR) is 96.3 cm³/mol. The van der Waals surface area contributed by atoms with E-state index in [0.717, 1.165) is 22.5 Å². The molecule has 0 aliphatic carbocycles. The molecule has 1 N–H and O–H groups in total. The minimum atomic E-state index is -0.982. The van der Waals surface area contributed by atoms with Crippen LogP contribution >= 0.6 is 0 Å². The zero-order chi connectivity index (χ0) is 18.1. The van der Waals surface area contributed by atoms with E-state index in [9.17, 15) is 4.79 Å². The quantitative estimate of drug-likeness (QED) is 0.666. The van der Waals surface area contributed by atoms with Gasteiger partial charge in [-0.2, -0.15) is 0 Å².